The molecule has 15 heavy (non-hydrogen) atoms. The topological polar surface area (TPSA) is 121 Å². The zero-order valence-electron chi connectivity index (χ0n) is 7.54. The van der Waals surface area contributed by atoms with Gasteiger partial charge in [0.15, 0.2) is 0 Å². The number of nitrogens with two attached hydrogens (primary N) is 2. The molecule has 2 aromatic rings. The number of amides is 1. The number of rotatable bonds is 2. The first kappa shape index (κ1) is 9.13. The maximum absolute atomic E-state index is 10.7. The molecule has 7 nitrogen and oxygen atoms in total. The summed E-state index contributed by atoms with van der Waals surface area (Å²) in [6, 6.07) is 3.24. The Morgan fingerprint density at radius 3 is 2.73 bits per heavy atom. The minimum absolute atomic E-state index is 0.129. The molecule has 0 radical (unpaired) electrons. The molecule has 4 N–H and O–H groups in total. The van der Waals surface area contributed by atoms with Crippen molar-refractivity contribution in [2.24, 2.45) is 5.73 Å². The zero-order valence-corrected chi connectivity index (χ0v) is 7.54. The van der Waals surface area contributed by atoms with Crippen molar-refractivity contribution in [1.82, 2.24) is 15.1 Å². The third kappa shape index (κ3) is 1.75. The molecule has 0 aliphatic carbocycles. The van der Waals surface area contributed by atoms with Crippen LogP contribution in [0.2, 0.25) is 0 Å². The number of aromatic nitrogens is 3. The Balaban J connectivity index is 2.37. The second kappa shape index (κ2) is 3.37. The van der Waals surface area contributed by atoms with Gasteiger partial charge in [-0.25, -0.2) is 4.98 Å². The first-order chi connectivity index (χ1) is 7.16. The second-order valence-electron chi connectivity index (χ2n) is 2.76. The number of carbonyl (C=O) groups is 1. The van der Waals surface area contributed by atoms with Crippen molar-refractivity contribution in [3.63, 3.8) is 0 Å². The van der Waals surface area contributed by atoms with Crippen LogP contribution in [0.5, 0.6) is 0 Å². The predicted octanol–water partition coefficient (Wildman–Crippen LogP) is -0.187. The molecular weight excluding hydrogens is 198 g/mol. The first-order valence-electron chi connectivity index (χ1n) is 4.02. The van der Waals surface area contributed by atoms with Gasteiger partial charge in [0.1, 0.15) is 5.69 Å². The molecule has 0 spiro atoms. The van der Waals surface area contributed by atoms with Gasteiger partial charge in [-0.1, -0.05) is 5.16 Å². The number of anilines is 1. The lowest BCUT2D eigenvalue weighted by Crippen LogP contribution is -2.12. The van der Waals surface area contributed by atoms with E-state index in [2.05, 4.69) is 15.1 Å². The summed E-state index contributed by atoms with van der Waals surface area (Å²) in [5.74, 6) is -0.798. The SMILES string of the molecule is NC(=O)c1noc(-c2ccc(N)cn2)n1. The number of pyridine rings is 1. The second-order valence-corrected chi connectivity index (χ2v) is 2.76. The van der Waals surface area contributed by atoms with E-state index < -0.39 is 5.91 Å². The summed E-state index contributed by atoms with van der Waals surface area (Å²) < 4.78 is 4.79. The molecule has 0 aliphatic rings. The molecule has 2 rings (SSSR count). The highest BCUT2D eigenvalue weighted by molar-refractivity contribution is 5.88. The van der Waals surface area contributed by atoms with E-state index in [1.54, 1.807) is 12.1 Å². The van der Waals surface area contributed by atoms with Crippen LogP contribution in [0.25, 0.3) is 11.6 Å². The summed E-state index contributed by atoms with van der Waals surface area (Å²) in [5.41, 5.74) is 11.4. The standard InChI is InChI=1S/C8H7N5O2/c9-4-1-2-5(11-3-4)8-12-7(6(10)14)13-15-8/h1-3H,9H2,(H2,10,14). The predicted molar refractivity (Wildman–Crippen MR) is 50.5 cm³/mol. The normalized spacial score (nSPS) is 10.1. The lowest BCUT2D eigenvalue weighted by molar-refractivity contribution is 0.0987. The summed E-state index contributed by atoms with van der Waals surface area (Å²) >= 11 is 0. The average molecular weight is 205 g/mol. The quantitative estimate of drug-likeness (QED) is 0.700. The fourth-order valence-electron chi connectivity index (χ4n) is 0.959. The number of hydrogen-bond donors (Lipinski definition) is 2. The minimum Gasteiger partial charge on any atom is -0.397 e. The van der Waals surface area contributed by atoms with Gasteiger partial charge in [0, 0.05) is 0 Å². The third-order valence-corrected chi connectivity index (χ3v) is 1.65. The van der Waals surface area contributed by atoms with E-state index in [0.29, 0.717) is 11.4 Å². The highest BCUT2D eigenvalue weighted by Crippen LogP contribution is 2.14. The van der Waals surface area contributed by atoms with E-state index in [-0.39, 0.29) is 11.7 Å². The molecule has 2 heterocycles. The van der Waals surface area contributed by atoms with Gasteiger partial charge in [0.25, 0.3) is 17.6 Å². The Bertz CT molecular complexity index is 490. The van der Waals surface area contributed by atoms with Crippen molar-refractivity contribution in [3.05, 3.63) is 24.2 Å². The molecule has 0 unspecified atom stereocenters. The molecule has 1 amide bonds. The van der Waals surface area contributed by atoms with E-state index in [1.165, 1.54) is 6.20 Å². The van der Waals surface area contributed by atoms with Crippen LogP contribution in [0.4, 0.5) is 5.69 Å². The molecule has 0 saturated carbocycles. The number of carbonyl (C=O) groups excluding carboxylic acids is 1. The monoisotopic (exact) mass is 205 g/mol. The molecule has 0 bridgehead atoms. The van der Waals surface area contributed by atoms with Crippen molar-refractivity contribution in [3.8, 4) is 11.6 Å². The smallest absolute Gasteiger partial charge is 0.290 e. The zero-order chi connectivity index (χ0) is 10.8. The fourth-order valence-corrected chi connectivity index (χ4v) is 0.959. The van der Waals surface area contributed by atoms with Crippen LogP contribution in [0.1, 0.15) is 10.6 Å². The maximum Gasteiger partial charge on any atom is 0.290 e. The van der Waals surface area contributed by atoms with Crippen molar-refractivity contribution < 1.29 is 9.32 Å². The molecule has 76 valence electrons. The first-order valence-corrected chi connectivity index (χ1v) is 4.02. The Labute approximate surface area is 84.1 Å². The van der Waals surface area contributed by atoms with Crippen LogP contribution < -0.4 is 11.5 Å². The van der Waals surface area contributed by atoms with Gasteiger partial charge in [0.05, 0.1) is 11.9 Å². The maximum atomic E-state index is 10.7. The van der Waals surface area contributed by atoms with Crippen molar-refractivity contribution >= 4 is 11.6 Å². The van der Waals surface area contributed by atoms with Gasteiger partial charge >= 0.3 is 0 Å². The summed E-state index contributed by atoms with van der Waals surface area (Å²) in [7, 11) is 0. The lowest BCUT2D eigenvalue weighted by Gasteiger charge is -1.93. The van der Waals surface area contributed by atoms with Crippen molar-refractivity contribution in [2.45, 2.75) is 0 Å². The van der Waals surface area contributed by atoms with E-state index in [1.807, 2.05) is 0 Å². The molecule has 7 heteroatoms. The van der Waals surface area contributed by atoms with E-state index in [9.17, 15) is 4.79 Å². The van der Waals surface area contributed by atoms with E-state index in [0.717, 1.165) is 0 Å². The lowest BCUT2D eigenvalue weighted by atomic mass is 10.3. The Hall–Kier alpha value is -2.44. The van der Waals surface area contributed by atoms with Crippen LogP contribution in [-0.4, -0.2) is 21.0 Å². The summed E-state index contributed by atoms with van der Waals surface area (Å²) in [6.07, 6.45) is 1.45. The fraction of sp³-hybridized carbons (Fsp3) is 0. The molecule has 0 aromatic carbocycles. The highest BCUT2D eigenvalue weighted by atomic mass is 16.5. The van der Waals surface area contributed by atoms with Crippen molar-refractivity contribution in [2.75, 3.05) is 5.73 Å². The van der Waals surface area contributed by atoms with Crippen LogP contribution in [0, 0.1) is 0 Å². The average Bonchev–Trinajstić information content (AvgIpc) is 2.68. The molecule has 0 atom stereocenters. The number of hydrogen-bond acceptors (Lipinski definition) is 6. The highest BCUT2D eigenvalue weighted by Gasteiger charge is 2.13. The molecule has 2 aromatic heterocycles. The number of nitrogen functional groups attached to an aromatic ring is 1. The number of primary amides is 1. The van der Waals surface area contributed by atoms with Gasteiger partial charge in [-0.3, -0.25) is 4.79 Å². The van der Waals surface area contributed by atoms with Crippen LogP contribution in [-0.2, 0) is 0 Å². The van der Waals surface area contributed by atoms with Crippen molar-refractivity contribution in [1.29, 1.82) is 0 Å². The largest absolute Gasteiger partial charge is 0.397 e. The van der Waals surface area contributed by atoms with Gasteiger partial charge < -0.3 is 16.0 Å². The van der Waals surface area contributed by atoms with E-state index in [4.69, 9.17) is 16.0 Å². The number of nitrogens with zero attached hydrogens (tertiary/aromatic N) is 3. The van der Waals surface area contributed by atoms with Gasteiger partial charge in [-0.05, 0) is 12.1 Å². The minimum atomic E-state index is -0.750. The summed E-state index contributed by atoms with van der Waals surface area (Å²) in [5, 5.41) is 3.38. The van der Waals surface area contributed by atoms with E-state index >= 15 is 0 Å². The summed E-state index contributed by atoms with van der Waals surface area (Å²) in [4.78, 5) is 18.4. The molecule has 0 fully saturated rings. The molecule has 0 aliphatic heterocycles. The third-order valence-electron chi connectivity index (χ3n) is 1.65. The van der Waals surface area contributed by atoms with Crippen LogP contribution in [0.15, 0.2) is 22.9 Å². The summed E-state index contributed by atoms with van der Waals surface area (Å²) in [6.45, 7) is 0. The molecular formula is C8H7N5O2. The van der Waals surface area contributed by atoms with Crippen LogP contribution >= 0.6 is 0 Å². The van der Waals surface area contributed by atoms with Gasteiger partial charge in [0.2, 0.25) is 0 Å². The van der Waals surface area contributed by atoms with Crippen LogP contribution in [0.3, 0.4) is 0 Å². The van der Waals surface area contributed by atoms with Gasteiger partial charge in [-0.15, -0.1) is 0 Å². The Morgan fingerprint density at radius 2 is 2.20 bits per heavy atom. The van der Waals surface area contributed by atoms with Gasteiger partial charge in [-0.2, -0.15) is 4.98 Å². The Kier molecular flexibility index (Phi) is 2.05. The molecule has 0 saturated heterocycles. The Morgan fingerprint density at radius 1 is 1.40 bits per heavy atom.